The number of hydrogen-bond donors (Lipinski definition) is 1. The molecule has 0 aliphatic rings. The van der Waals surface area contributed by atoms with E-state index in [0.29, 0.717) is 11.3 Å². The summed E-state index contributed by atoms with van der Waals surface area (Å²) in [6.45, 7) is 0. The Morgan fingerprint density at radius 1 is 1.00 bits per heavy atom. The summed E-state index contributed by atoms with van der Waals surface area (Å²) in [5.41, 5.74) is 2.60. The predicted octanol–water partition coefficient (Wildman–Crippen LogP) is 2.80. The Bertz CT molecular complexity index is 793. The second-order valence-electron chi connectivity index (χ2n) is 4.70. The van der Waals surface area contributed by atoms with Gasteiger partial charge in [0, 0.05) is 24.6 Å². The molecule has 104 valence electrons. The van der Waals surface area contributed by atoms with E-state index < -0.39 is 0 Å². The zero-order valence-electron chi connectivity index (χ0n) is 11.2. The number of hydrogen-bond acceptors (Lipinski definition) is 4. The number of imidazole rings is 1. The molecule has 5 heteroatoms. The molecule has 0 saturated heterocycles. The van der Waals surface area contributed by atoms with Crippen LogP contribution in [0.15, 0.2) is 48.9 Å². The van der Waals surface area contributed by atoms with Gasteiger partial charge in [-0.25, -0.2) is 4.98 Å². The Balaban J connectivity index is 1.67. The SMILES string of the molecule is O=C(CCC(=O)c1ccccn1)c1ccc2[nH]cnc2c1. The summed E-state index contributed by atoms with van der Waals surface area (Å²) < 4.78 is 0. The minimum Gasteiger partial charge on any atom is -0.345 e. The first kappa shape index (κ1) is 13.2. The molecule has 2 heterocycles. The third kappa shape index (κ3) is 2.86. The van der Waals surface area contributed by atoms with E-state index in [-0.39, 0.29) is 24.4 Å². The van der Waals surface area contributed by atoms with Crippen molar-refractivity contribution in [1.29, 1.82) is 0 Å². The average Bonchev–Trinajstić information content (AvgIpc) is 3.00. The first-order valence-corrected chi connectivity index (χ1v) is 6.64. The van der Waals surface area contributed by atoms with Crippen LogP contribution >= 0.6 is 0 Å². The fourth-order valence-electron chi connectivity index (χ4n) is 2.13. The molecule has 0 fully saturated rings. The Hall–Kier alpha value is -2.82. The number of nitrogens with one attached hydrogen (secondary N) is 1. The Morgan fingerprint density at radius 2 is 1.86 bits per heavy atom. The van der Waals surface area contributed by atoms with Crippen molar-refractivity contribution in [3.8, 4) is 0 Å². The van der Waals surface area contributed by atoms with Gasteiger partial charge in [0.1, 0.15) is 5.69 Å². The number of ketones is 2. The number of benzene rings is 1. The van der Waals surface area contributed by atoms with Crippen molar-refractivity contribution in [1.82, 2.24) is 15.0 Å². The van der Waals surface area contributed by atoms with Gasteiger partial charge in [-0.2, -0.15) is 0 Å². The second kappa shape index (κ2) is 5.66. The Kier molecular flexibility index (Phi) is 3.55. The van der Waals surface area contributed by atoms with Crippen molar-refractivity contribution >= 4 is 22.6 Å². The number of Topliss-reactive ketones (excluding diaryl/α,β-unsaturated/α-hetero) is 2. The number of carbonyl (C=O) groups is 2. The third-order valence-corrected chi connectivity index (χ3v) is 3.27. The van der Waals surface area contributed by atoms with Crippen LogP contribution in [0.2, 0.25) is 0 Å². The number of pyridine rings is 1. The van der Waals surface area contributed by atoms with Crippen LogP contribution in [-0.2, 0) is 0 Å². The molecule has 2 aromatic heterocycles. The van der Waals surface area contributed by atoms with Gasteiger partial charge in [0.25, 0.3) is 0 Å². The molecule has 3 rings (SSSR count). The monoisotopic (exact) mass is 279 g/mol. The summed E-state index contributed by atoms with van der Waals surface area (Å²) in [5.74, 6) is -0.186. The molecule has 0 spiro atoms. The van der Waals surface area contributed by atoms with Crippen molar-refractivity contribution in [2.75, 3.05) is 0 Å². The highest BCUT2D eigenvalue weighted by Crippen LogP contribution is 2.14. The summed E-state index contributed by atoms with van der Waals surface area (Å²) in [6.07, 6.45) is 3.49. The standard InChI is InChI=1S/C16H13N3O2/c20-15(6-7-16(21)13-3-1-2-8-17-13)11-4-5-12-14(9-11)19-10-18-12/h1-5,8-10H,6-7H2,(H,18,19). The van der Waals surface area contributed by atoms with Gasteiger partial charge in [0.05, 0.1) is 17.4 Å². The summed E-state index contributed by atoms with van der Waals surface area (Å²) in [6, 6.07) is 10.5. The fourth-order valence-corrected chi connectivity index (χ4v) is 2.13. The first-order valence-electron chi connectivity index (χ1n) is 6.64. The van der Waals surface area contributed by atoms with Crippen LogP contribution in [0.3, 0.4) is 0 Å². The van der Waals surface area contributed by atoms with E-state index in [1.54, 1.807) is 42.9 Å². The zero-order valence-corrected chi connectivity index (χ0v) is 11.2. The fraction of sp³-hybridized carbons (Fsp3) is 0.125. The number of aromatic nitrogens is 3. The van der Waals surface area contributed by atoms with Crippen molar-refractivity contribution < 1.29 is 9.59 Å². The zero-order chi connectivity index (χ0) is 14.7. The lowest BCUT2D eigenvalue weighted by Gasteiger charge is -2.01. The van der Waals surface area contributed by atoms with E-state index in [1.165, 1.54) is 0 Å². The molecular formula is C16H13N3O2. The molecule has 0 unspecified atom stereocenters. The molecule has 21 heavy (non-hydrogen) atoms. The predicted molar refractivity (Wildman–Crippen MR) is 78.2 cm³/mol. The highest BCUT2D eigenvalue weighted by Gasteiger charge is 2.12. The summed E-state index contributed by atoms with van der Waals surface area (Å²) >= 11 is 0. The van der Waals surface area contributed by atoms with E-state index in [1.807, 2.05) is 6.07 Å². The lowest BCUT2D eigenvalue weighted by atomic mass is 10.0. The summed E-state index contributed by atoms with van der Waals surface area (Å²) in [4.78, 5) is 35.1. The average molecular weight is 279 g/mol. The molecule has 0 radical (unpaired) electrons. The summed E-state index contributed by atoms with van der Waals surface area (Å²) in [7, 11) is 0. The van der Waals surface area contributed by atoms with Crippen LogP contribution < -0.4 is 0 Å². The van der Waals surface area contributed by atoms with Gasteiger partial charge in [-0.05, 0) is 30.3 Å². The number of aromatic amines is 1. The summed E-state index contributed by atoms with van der Waals surface area (Å²) in [5, 5.41) is 0. The Morgan fingerprint density at radius 3 is 2.67 bits per heavy atom. The van der Waals surface area contributed by atoms with Crippen LogP contribution in [0, 0.1) is 0 Å². The topological polar surface area (TPSA) is 75.7 Å². The van der Waals surface area contributed by atoms with E-state index >= 15 is 0 Å². The second-order valence-corrected chi connectivity index (χ2v) is 4.70. The van der Waals surface area contributed by atoms with E-state index in [4.69, 9.17) is 0 Å². The lowest BCUT2D eigenvalue weighted by molar-refractivity contribution is 0.0915. The first-order chi connectivity index (χ1) is 10.2. The third-order valence-electron chi connectivity index (χ3n) is 3.27. The number of rotatable bonds is 5. The molecule has 0 aliphatic heterocycles. The highest BCUT2D eigenvalue weighted by atomic mass is 16.1. The number of fused-ring (bicyclic) bond motifs is 1. The molecule has 0 saturated carbocycles. The molecule has 5 nitrogen and oxygen atoms in total. The maximum atomic E-state index is 12.1. The van der Waals surface area contributed by atoms with Crippen molar-refractivity contribution in [2.45, 2.75) is 12.8 Å². The van der Waals surface area contributed by atoms with E-state index in [9.17, 15) is 9.59 Å². The van der Waals surface area contributed by atoms with Gasteiger partial charge in [0.2, 0.25) is 0 Å². The lowest BCUT2D eigenvalue weighted by Crippen LogP contribution is -2.06. The largest absolute Gasteiger partial charge is 0.345 e. The number of H-pyrrole nitrogens is 1. The molecule has 0 bridgehead atoms. The molecule has 0 amide bonds. The van der Waals surface area contributed by atoms with Gasteiger partial charge in [-0.1, -0.05) is 6.07 Å². The van der Waals surface area contributed by atoms with Crippen molar-refractivity contribution in [2.24, 2.45) is 0 Å². The van der Waals surface area contributed by atoms with Crippen LogP contribution in [0.5, 0.6) is 0 Å². The minimum absolute atomic E-state index is 0.0656. The van der Waals surface area contributed by atoms with Crippen LogP contribution in [0.25, 0.3) is 11.0 Å². The van der Waals surface area contributed by atoms with E-state index in [2.05, 4.69) is 15.0 Å². The van der Waals surface area contributed by atoms with Crippen molar-refractivity contribution in [3.63, 3.8) is 0 Å². The van der Waals surface area contributed by atoms with Gasteiger partial charge >= 0.3 is 0 Å². The Labute approximate surface area is 121 Å². The molecular weight excluding hydrogens is 266 g/mol. The normalized spacial score (nSPS) is 10.7. The van der Waals surface area contributed by atoms with E-state index in [0.717, 1.165) is 11.0 Å². The van der Waals surface area contributed by atoms with Gasteiger partial charge < -0.3 is 4.98 Å². The molecule has 3 aromatic rings. The van der Waals surface area contributed by atoms with Crippen LogP contribution in [0.4, 0.5) is 0 Å². The highest BCUT2D eigenvalue weighted by molar-refractivity contribution is 6.02. The maximum Gasteiger partial charge on any atom is 0.181 e. The van der Waals surface area contributed by atoms with Crippen molar-refractivity contribution in [3.05, 3.63) is 60.2 Å². The van der Waals surface area contributed by atoms with Gasteiger partial charge in [-0.15, -0.1) is 0 Å². The molecule has 0 atom stereocenters. The number of carbonyl (C=O) groups excluding carboxylic acids is 2. The molecule has 1 aromatic carbocycles. The molecule has 1 N–H and O–H groups in total. The smallest absolute Gasteiger partial charge is 0.181 e. The quantitative estimate of drug-likeness (QED) is 0.729. The van der Waals surface area contributed by atoms with Gasteiger partial charge in [-0.3, -0.25) is 14.6 Å². The number of nitrogens with zero attached hydrogens (tertiary/aromatic N) is 2. The van der Waals surface area contributed by atoms with Crippen LogP contribution in [0.1, 0.15) is 33.7 Å². The van der Waals surface area contributed by atoms with Gasteiger partial charge in [0.15, 0.2) is 11.6 Å². The minimum atomic E-state index is -0.121. The van der Waals surface area contributed by atoms with Crippen LogP contribution in [-0.4, -0.2) is 26.5 Å². The maximum absolute atomic E-state index is 12.1. The molecule has 0 aliphatic carbocycles.